The fourth-order valence-electron chi connectivity index (χ4n) is 2.17. The number of carbonyl (C=O) groups is 1. The van der Waals surface area contributed by atoms with Gasteiger partial charge < -0.3 is 15.1 Å². The molecule has 2 rings (SSSR count). The minimum Gasteiger partial charge on any atom is -0.353 e. The summed E-state index contributed by atoms with van der Waals surface area (Å²) in [5, 5.41) is 11.8. The van der Waals surface area contributed by atoms with Crippen LogP contribution in [0.3, 0.4) is 0 Å². The molecule has 6 heteroatoms. The standard InChI is InChI=1S/C14H19N5O/c1-2-16-11-14(20)19-7-5-18(6-8-19)13-4-3-12(9-15)10-17-13/h3-4,10,16H,2,5-8,11H2,1H3. The molecule has 0 radical (unpaired) electrons. The Bertz CT molecular complexity index is 485. The highest BCUT2D eigenvalue weighted by atomic mass is 16.2. The number of aromatic nitrogens is 1. The maximum Gasteiger partial charge on any atom is 0.236 e. The largest absolute Gasteiger partial charge is 0.353 e. The molecule has 1 amide bonds. The number of hydrogen-bond acceptors (Lipinski definition) is 5. The third kappa shape index (κ3) is 3.45. The van der Waals surface area contributed by atoms with E-state index in [-0.39, 0.29) is 5.91 Å². The van der Waals surface area contributed by atoms with Crippen LogP contribution in [-0.2, 0) is 4.79 Å². The van der Waals surface area contributed by atoms with E-state index in [1.165, 1.54) is 0 Å². The second-order valence-electron chi connectivity index (χ2n) is 4.67. The van der Waals surface area contributed by atoms with E-state index in [0.717, 1.165) is 25.5 Å². The number of amides is 1. The highest BCUT2D eigenvalue weighted by Gasteiger charge is 2.21. The maximum atomic E-state index is 11.9. The van der Waals surface area contributed by atoms with Crippen molar-refractivity contribution in [2.45, 2.75) is 6.92 Å². The second kappa shape index (κ2) is 6.87. The van der Waals surface area contributed by atoms with Crippen LogP contribution >= 0.6 is 0 Å². The summed E-state index contributed by atoms with van der Waals surface area (Å²) < 4.78 is 0. The van der Waals surface area contributed by atoms with Crippen molar-refractivity contribution in [3.05, 3.63) is 23.9 Å². The van der Waals surface area contributed by atoms with Crippen molar-refractivity contribution in [3.8, 4) is 6.07 Å². The van der Waals surface area contributed by atoms with E-state index >= 15 is 0 Å². The van der Waals surface area contributed by atoms with E-state index in [0.29, 0.717) is 25.2 Å². The van der Waals surface area contributed by atoms with Gasteiger partial charge in [-0.2, -0.15) is 5.26 Å². The van der Waals surface area contributed by atoms with Crippen LogP contribution in [0.5, 0.6) is 0 Å². The molecule has 2 heterocycles. The van der Waals surface area contributed by atoms with Gasteiger partial charge >= 0.3 is 0 Å². The molecule has 0 spiro atoms. The molecule has 6 nitrogen and oxygen atoms in total. The summed E-state index contributed by atoms with van der Waals surface area (Å²) in [7, 11) is 0. The molecule has 1 N–H and O–H groups in total. The fourth-order valence-corrected chi connectivity index (χ4v) is 2.17. The zero-order valence-electron chi connectivity index (χ0n) is 11.7. The predicted octanol–water partition coefficient (Wildman–Crippen LogP) is 0.211. The number of nitrogens with one attached hydrogen (secondary N) is 1. The van der Waals surface area contributed by atoms with Crippen molar-refractivity contribution < 1.29 is 4.79 Å². The van der Waals surface area contributed by atoms with Crippen molar-refractivity contribution in [2.24, 2.45) is 0 Å². The van der Waals surface area contributed by atoms with Crippen molar-refractivity contribution >= 4 is 11.7 Å². The molecule has 0 saturated carbocycles. The van der Waals surface area contributed by atoms with E-state index in [2.05, 4.69) is 21.3 Å². The average molecular weight is 273 g/mol. The summed E-state index contributed by atoms with van der Waals surface area (Å²) in [5.41, 5.74) is 0.563. The summed E-state index contributed by atoms with van der Waals surface area (Å²) in [4.78, 5) is 20.2. The number of piperazine rings is 1. The fraction of sp³-hybridized carbons (Fsp3) is 0.500. The van der Waals surface area contributed by atoms with E-state index in [1.54, 1.807) is 12.3 Å². The van der Waals surface area contributed by atoms with E-state index < -0.39 is 0 Å². The van der Waals surface area contributed by atoms with Crippen LogP contribution in [-0.4, -0.2) is 55.1 Å². The number of rotatable bonds is 4. The number of anilines is 1. The highest BCUT2D eigenvalue weighted by Crippen LogP contribution is 2.13. The Labute approximate surface area is 119 Å². The number of carbonyl (C=O) groups excluding carboxylic acids is 1. The summed E-state index contributed by atoms with van der Waals surface area (Å²) in [5.74, 6) is 1.02. The minimum atomic E-state index is 0.152. The molecule has 1 aliphatic rings. The van der Waals surface area contributed by atoms with Crippen LogP contribution in [0.15, 0.2) is 18.3 Å². The quantitative estimate of drug-likeness (QED) is 0.849. The highest BCUT2D eigenvalue weighted by molar-refractivity contribution is 5.78. The first-order valence-corrected chi connectivity index (χ1v) is 6.84. The lowest BCUT2D eigenvalue weighted by atomic mass is 10.2. The van der Waals surface area contributed by atoms with Gasteiger partial charge in [-0.05, 0) is 18.7 Å². The molecule has 1 aliphatic heterocycles. The predicted molar refractivity (Wildman–Crippen MR) is 76.3 cm³/mol. The molecule has 0 aromatic carbocycles. The summed E-state index contributed by atoms with van der Waals surface area (Å²) in [6, 6.07) is 5.68. The van der Waals surface area contributed by atoms with Gasteiger partial charge in [-0.25, -0.2) is 4.98 Å². The smallest absolute Gasteiger partial charge is 0.236 e. The molecule has 0 unspecified atom stereocenters. The average Bonchev–Trinajstić information content (AvgIpc) is 2.53. The van der Waals surface area contributed by atoms with Crippen molar-refractivity contribution in [1.29, 1.82) is 5.26 Å². The molecule has 1 aromatic heterocycles. The van der Waals surface area contributed by atoms with E-state index in [4.69, 9.17) is 5.26 Å². The normalized spacial score (nSPS) is 15.0. The van der Waals surface area contributed by atoms with Crippen LogP contribution in [0.4, 0.5) is 5.82 Å². The third-order valence-electron chi connectivity index (χ3n) is 3.36. The molecular formula is C14H19N5O. The second-order valence-corrected chi connectivity index (χ2v) is 4.67. The number of nitriles is 1. The molecule has 0 bridgehead atoms. The first kappa shape index (κ1) is 14.3. The molecule has 106 valence electrons. The van der Waals surface area contributed by atoms with Gasteiger partial charge in [-0.1, -0.05) is 6.92 Å². The van der Waals surface area contributed by atoms with Crippen LogP contribution < -0.4 is 10.2 Å². The molecule has 1 fully saturated rings. The van der Waals surface area contributed by atoms with Crippen molar-refractivity contribution in [2.75, 3.05) is 44.2 Å². The Morgan fingerprint density at radius 2 is 2.15 bits per heavy atom. The molecular weight excluding hydrogens is 254 g/mol. The molecule has 20 heavy (non-hydrogen) atoms. The third-order valence-corrected chi connectivity index (χ3v) is 3.36. The van der Waals surface area contributed by atoms with Gasteiger partial charge in [0.15, 0.2) is 0 Å². The lowest BCUT2D eigenvalue weighted by Gasteiger charge is -2.35. The molecule has 1 saturated heterocycles. The lowest BCUT2D eigenvalue weighted by molar-refractivity contribution is -0.130. The summed E-state index contributed by atoms with van der Waals surface area (Å²) >= 11 is 0. The van der Waals surface area contributed by atoms with Crippen LogP contribution in [0.2, 0.25) is 0 Å². The Hall–Kier alpha value is -2.13. The first-order valence-electron chi connectivity index (χ1n) is 6.84. The van der Waals surface area contributed by atoms with Crippen LogP contribution in [0.1, 0.15) is 12.5 Å². The minimum absolute atomic E-state index is 0.152. The Balaban J connectivity index is 1.87. The monoisotopic (exact) mass is 273 g/mol. The molecule has 0 aliphatic carbocycles. The Morgan fingerprint density at radius 3 is 2.70 bits per heavy atom. The van der Waals surface area contributed by atoms with Gasteiger partial charge in [0.05, 0.1) is 12.1 Å². The Kier molecular flexibility index (Phi) is 4.91. The van der Waals surface area contributed by atoms with Gasteiger partial charge in [0.2, 0.25) is 5.91 Å². The topological polar surface area (TPSA) is 72.3 Å². The van der Waals surface area contributed by atoms with Crippen molar-refractivity contribution in [1.82, 2.24) is 15.2 Å². The zero-order valence-corrected chi connectivity index (χ0v) is 11.7. The summed E-state index contributed by atoms with van der Waals surface area (Å²) in [6.07, 6.45) is 1.58. The summed E-state index contributed by atoms with van der Waals surface area (Å²) in [6.45, 7) is 6.18. The van der Waals surface area contributed by atoms with Gasteiger partial charge in [0, 0.05) is 32.4 Å². The SMILES string of the molecule is CCNCC(=O)N1CCN(c2ccc(C#N)cn2)CC1. The van der Waals surface area contributed by atoms with Gasteiger partial charge in [-0.3, -0.25) is 4.79 Å². The zero-order chi connectivity index (χ0) is 14.4. The van der Waals surface area contributed by atoms with Gasteiger partial charge in [0.1, 0.15) is 11.9 Å². The number of nitrogens with zero attached hydrogens (tertiary/aromatic N) is 4. The van der Waals surface area contributed by atoms with Crippen LogP contribution in [0.25, 0.3) is 0 Å². The molecule has 1 aromatic rings. The Morgan fingerprint density at radius 1 is 1.40 bits per heavy atom. The van der Waals surface area contributed by atoms with Gasteiger partial charge in [-0.15, -0.1) is 0 Å². The number of likely N-dealkylation sites (N-methyl/N-ethyl adjacent to an activating group) is 1. The lowest BCUT2D eigenvalue weighted by Crippen LogP contribution is -2.51. The van der Waals surface area contributed by atoms with E-state index in [9.17, 15) is 4.79 Å². The van der Waals surface area contributed by atoms with Gasteiger partial charge in [0.25, 0.3) is 0 Å². The van der Waals surface area contributed by atoms with Crippen molar-refractivity contribution in [3.63, 3.8) is 0 Å². The number of hydrogen-bond donors (Lipinski definition) is 1. The van der Waals surface area contributed by atoms with Crippen LogP contribution in [0, 0.1) is 11.3 Å². The first-order chi connectivity index (χ1) is 9.74. The molecule has 0 atom stereocenters. The van der Waals surface area contributed by atoms with E-state index in [1.807, 2.05) is 17.9 Å². The number of pyridine rings is 1. The maximum absolute atomic E-state index is 11.9.